The predicted molar refractivity (Wildman–Crippen MR) is 104 cm³/mol. The number of hydrogen-bond acceptors (Lipinski definition) is 6. The zero-order valence-corrected chi connectivity index (χ0v) is 15.7. The van der Waals surface area contributed by atoms with Crippen LogP contribution < -0.4 is 15.9 Å². The Labute approximate surface area is 165 Å². The molecule has 2 heterocycles. The maximum atomic E-state index is 13.1. The number of nitrogens with zero attached hydrogens (tertiary/aromatic N) is 3. The van der Waals surface area contributed by atoms with Crippen LogP contribution in [-0.2, 0) is 4.79 Å². The van der Waals surface area contributed by atoms with Gasteiger partial charge in [0.1, 0.15) is 11.6 Å². The smallest absolute Gasteiger partial charge is 0.230 e. The first kappa shape index (κ1) is 18.3. The Morgan fingerprint density at radius 1 is 1.25 bits per heavy atom. The van der Waals surface area contributed by atoms with Gasteiger partial charge in [0.25, 0.3) is 0 Å². The van der Waals surface area contributed by atoms with Crippen molar-refractivity contribution in [2.75, 3.05) is 18.2 Å². The molecule has 4 rings (SSSR count). The maximum Gasteiger partial charge on any atom is 0.230 e. The minimum atomic E-state index is -0.340. The van der Waals surface area contributed by atoms with Crippen LogP contribution in [0.5, 0.6) is 5.75 Å². The molecule has 7 nitrogen and oxygen atoms in total. The van der Waals surface area contributed by atoms with Crippen LogP contribution >= 0.6 is 11.8 Å². The summed E-state index contributed by atoms with van der Waals surface area (Å²) in [6.07, 6.45) is 0.717. The van der Waals surface area contributed by atoms with Gasteiger partial charge < -0.3 is 15.9 Å². The molecular formula is C19H18FN5O2S. The van der Waals surface area contributed by atoms with Crippen LogP contribution in [0.2, 0.25) is 0 Å². The van der Waals surface area contributed by atoms with Crippen LogP contribution in [0, 0.1) is 5.82 Å². The van der Waals surface area contributed by atoms with Gasteiger partial charge >= 0.3 is 0 Å². The standard InChI is InChI=1S/C19H18FN5O2S/c20-13-7-5-12(6-8-13)18-23-24-19(25(18)21)28-11-17(26)22-15-9-10-27-16-4-2-1-3-14(15)16/h1-8,15H,9-11,21H2,(H,22,26). The monoisotopic (exact) mass is 399 g/mol. The molecule has 0 saturated carbocycles. The zero-order chi connectivity index (χ0) is 19.5. The second kappa shape index (κ2) is 7.89. The summed E-state index contributed by atoms with van der Waals surface area (Å²) < 4.78 is 20.0. The lowest BCUT2D eigenvalue weighted by Crippen LogP contribution is -2.33. The van der Waals surface area contributed by atoms with E-state index in [1.807, 2.05) is 24.3 Å². The number of carbonyl (C=O) groups excluding carboxylic acids is 1. The highest BCUT2D eigenvalue weighted by atomic mass is 32.2. The lowest BCUT2D eigenvalue weighted by atomic mass is 10.0. The van der Waals surface area contributed by atoms with E-state index in [-0.39, 0.29) is 23.5 Å². The Morgan fingerprint density at radius 3 is 2.86 bits per heavy atom. The van der Waals surface area contributed by atoms with Gasteiger partial charge in [-0.3, -0.25) is 4.79 Å². The van der Waals surface area contributed by atoms with Crippen LogP contribution in [-0.4, -0.2) is 33.1 Å². The molecule has 28 heavy (non-hydrogen) atoms. The molecule has 0 saturated heterocycles. The molecule has 2 aromatic carbocycles. The van der Waals surface area contributed by atoms with E-state index in [0.717, 1.165) is 17.7 Å². The third-order valence-electron chi connectivity index (χ3n) is 4.39. The Kier molecular flexibility index (Phi) is 5.16. The molecule has 3 N–H and O–H groups in total. The summed E-state index contributed by atoms with van der Waals surface area (Å²) in [5, 5.41) is 11.5. The van der Waals surface area contributed by atoms with Gasteiger partial charge in [-0.15, -0.1) is 10.2 Å². The summed E-state index contributed by atoms with van der Waals surface area (Å²) in [6.45, 7) is 0.563. The Balaban J connectivity index is 1.39. The highest BCUT2D eigenvalue weighted by Gasteiger charge is 2.23. The molecule has 0 bridgehead atoms. The van der Waals surface area contributed by atoms with E-state index in [2.05, 4.69) is 15.5 Å². The number of amides is 1. The van der Waals surface area contributed by atoms with Crippen LogP contribution in [0.15, 0.2) is 53.7 Å². The number of nitrogens with one attached hydrogen (secondary N) is 1. The van der Waals surface area contributed by atoms with Crippen molar-refractivity contribution < 1.29 is 13.9 Å². The second-order valence-corrected chi connectivity index (χ2v) is 7.21. The van der Waals surface area contributed by atoms with Gasteiger partial charge in [-0.25, -0.2) is 9.07 Å². The summed E-state index contributed by atoms with van der Waals surface area (Å²) >= 11 is 1.19. The van der Waals surface area contributed by atoms with Gasteiger partial charge in [0.15, 0.2) is 5.82 Å². The average Bonchev–Trinajstić information content (AvgIpc) is 3.08. The molecule has 0 spiro atoms. The number of benzene rings is 2. The van der Waals surface area contributed by atoms with Crippen molar-refractivity contribution in [3.63, 3.8) is 0 Å². The summed E-state index contributed by atoms with van der Waals surface area (Å²) in [6, 6.07) is 13.4. The fourth-order valence-corrected chi connectivity index (χ4v) is 3.70. The molecule has 1 aliphatic rings. The molecule has 9 heteroatoms. The summed E-state index contributed by atoms with van der Waals surface area (Å²) in [4.78, 5) is 12.4. The van der Waals surface area contributed by atoms with Gasteiger partial charge in [-0.2, -0.15) is 0 Å². The molecule has 144 valence electrons. The molecular weight excluding hydrogens is 381 g/mol. The summed E-state index contributed by atoms with van der Waals surface area (Å²) in [5.74, 6) is 6.93. The number of nitrogens with two attached hydrogens (primary N) is 1. The van der Waals surface area contributed by atoms with E-state index in [4.69, 9.17) is 10.6 Å². The molecule has 0 fully saturated rings. The van der Waals surface area contributed by atoms with Gasteiger partial charge in [-0.05, 0) is 30.3 Å². The van der Waals surface area contributed by atoms with E-state index >= 15 is 0 Å². The van der Waals surface area contributed by atoms with Crippen molar-refractivity contribution in [1.29, 1.82) is 0 Å². The number of carbonyl (C=O) groups is 1. The maximum absolute atomic E-state index is 13.1. The fourth-order valence-electron chi connectivity index (χ4n) is 3.03. The number of halogens is 1. The van der Waals surface area contributed by atoms with E-state index in [1.54, 1.807) is 12.1 Å². The number of aromatic nitrogens is 3. The summed E-state index contributed by atoms with van der Waals surface area (Å²) in [5.41, 5.74) is 1.62. The Morgan fingerprint density at radius 2 is 2.04 bits per heavy atom. The quantitative estimate of drug-likeness (QED) is 0.506. The summed E-state index contributed by atoms with van der Waals surface area (Å²) in [7, 11) is 0. The van der Waals surface area contributed by atoms with Crippen LogP contribution in [0.1, 0.15) is 18.0 Å². The molecule has 1 amide bonds. The van der Waals surface area contributed by atoms with Gasteiger partial charge in [0.2, 0.25) is 11.1 Å². The number of thioether (sulfide) groups is 1. The van der Waals surface area contributed by atoms with Crippen LogP contribution in [0.25, 0.3) is 11.4 Å². The molecule has 0 radical (unpaired) electrons. The second-order valence-electron chi connectivity index (χ2n) is 6.27. The lowest BCUT2D eigenvalue weighted by molar-refractivity contribution is -0.119. The number of fused-ring (bicyclic) bond motifs is 1. The van der Waals surface area contributed by atoms with Crippen molar-refractivity contribution in [3.05, 3.63) is 59.9 Å². The van der Waals surface area contributed by atoms with E-state index in [9.17, 15) is 9.18 Å². The first-order valence-electron chi connectivity index (χ1n) is 8.72. The molecule has 3 aromatic rings. The van der Waals surface area contributed by atoms with Crippen molar-refractivity contribution in [1.82, 2.24) is 20.2 Å². The minimum absolute atomic E-state index is 0.0800. The number of hydrogen-bond donors (Lipinski definition) is 2. The van der Waals surface area contributed by atoms with Gasteiger partial charge in [0, 0.05) is 17.5 Å². The zero-order valence-electron chi connectivity index (χ0n) is 14.8. The number of rotatable bonds is 5. The lowest BCUT2D eigenvalue weighted by Gasteiger charge is -2.26. The SMILES string of the molecule is Nn1c(SCC(=O)NC2CCOc3ccccc32)nnc1-c1ccc(F)cc1. The average molecular weight is 399 g/mol. The number of nitrogen functional groups attached to an aromatic ring is 1. The first-order chi connectivity index (χ1) is 13.6. The van der Waals surface area contributed by atoms with E-state index in [1.165, 1.54) is 28.6 Å². The molecule has 0 aliphatic carbocycles. The predicted octanol–water partition coefficient (Wildman–Crippen LogP) is 2.53. The Bertz CT molecular complexity index is 992. The number of ether oxygens (including phenoxy) is 1. The first-order valence-corrected chi connectivity index (χ1v) is 9.70. The van der Waals surface area contributed by atoms with Crippen LogP contribution in [0.4, 0.5) is 4.39 Å². The highest BCUT2D eigenvalue weighted by Crippen LogP contribution is 2.31. The normalized spacial score (nSPS) is 15.5. The fraction of sp³-hybridized carbons (Fsp3) is 0.211. The third kappa shape index (κ3) is 3.79. The molecule has 1 unspecified atom stereocenters. The van der Waals surface area contributed by atoms with Gasteiger partial charge in [-0.1, -0.05) is 30.0 Å². The van der Waals surface area contributed by atoms with Crippen molar-refractivity contribution >= 4 is 17.7 Å². The van der Waals surface area contributed by atoms with Crippen molar-refractivity contribution in [2.45, 2.75) is 17.6 Å². The van der Waals surface area contributed by atoms with Crippen molar-refractivity contribution in [2.24, 2.45) is 0 Å². The topological polar surface area (TPSA) is 95.1 Å². The third-order valence-corrected chi connectivity index (χ3v) is 5.34. The number of para-hydroxylation sites is 1. The molecule has 1 aromatic heterocycles. The van der Waals surface area contributed by atoms with Crippen LogP contribution in [0.3, 0.4) is 0 Å². The highest BCUT2D eigenvalue weighted by molar-refractivity contribution is 7.99. The molecule has 1 atom stereocenters. The largest absolute Gasteiger partial charge is 0.493 e. The van der Waals surface area contributed by atoms with E-state index < -0.39 is 0 Å². The van der Waals surface area contributed by atoms with Gasteiger partial charge in [0.05, 0.1) is 18.4 Å². The Hall–Kier alpha value is -3.07. The minimum Gasteiger partial charge on any atom is -0.493 e. The molecule has 1 aliphatic heterocycles. The van der Waals surface area contributed by atoms with E-state index in [0.29, 0.717) is 23.2 Å². The van der Waals surface area contributed by atoms with Crippen molar-refractivity contribution in [3.8, 4) is 17.1 Å².